The van der Waals surface area contributed by atoms with Crippen LogP contribution in [0, 0.1) is 0 Å². The van der Waals surface area contributed by atoms with Crippen LogP contribution in [-0.4, -0.2) is 63.7 Å². The fourth-order valence-electron chi connectivity index (χ4n) is 0. The fourth-order valence-corrected chi connectivity index (χ4v) is 0. The summed E-state index contributed by atoms with van der Waals surface area (Å²) in [7, 11) is 0. The van der Waals surface area contributed by atoms with Crippen molar-refractivity contribution in [3.05, 3.63) is 0 Å². The van der Waals surface area contributed by atoms with Crippen LogP contribution in [0.5, 0.6) is 0 Å². The van der Waals surface area contributed by atoms with Gasteiger partial charge in [-0.05, 0) is 0 Å². The Kier molecular flexibility index (Phi) is 23.2. The molecule has 0 radical (unpaired) electrons. The van der Waals surface area contributed by atoms with Crippen molar-refractivity contribution in [2.75, 3.05) is 25.0 Å². The molecule has 0 spiro atoms. The normalized spacial score (nSPS) is 8.00. The Morgan fingerprint density at radius 2 is 0.778 bits per heavy atom. The van der Waals surface area contributed by atoms with Gasteiger partial charge in [-0.25, -0.2) is 0 Å². The average Bonchev–Trinajstić information content (AvgIpc) is 1.25. The number of rotatable bonds is 0. The third-order valence-electron chi connectivity index (χ3n) is 0. The summed E-state index contributed by atoms with van der Waals surface area (Å²) in [6.45, 7) is 0. The molecule has 0 aliphatic rings. The van der Waals surface area contributed by atoms with E-state index >= 15 is 0 Å². The van der Waals surface area contributed by atoms with Crippen molar-refractivity contribution >= 4 is 51.9 Å². The SMILES string of the molecule is C[S+](C)[O-].C[S+](C)[O-].[NaH]. The average molecular weight is 180 g/mol. The van der Waals surface area contributed by atoms with Gasteiger partial charge in [-0.1, -0.05) is 22.4 Å². The van der Waals surface area contributed by atoms with E-state index in [9.17, 15) is 9.11 Å². The minimum atomic E-state index is -0.611. The molecule has 54 valence electrons. The molecule has 0 unspecified atom stereocenters. The molecule has 2 nitrogen and oxygen atoms in total. The van der Waals surface area contributed by atoms with Crippen molar-refractivity contribution < 1.29 is 9.11 Å². The van der Waals surface area contributed by atoms with Gasteiger partial charge < -0.3 is 9.11 Å². The molecule has 0 aliphatic heterocycles. The van der Waals surface area contributed by atoms with Crippen molar-refractivity contribution in [2.24, 2.45) is 0 Å². The predicted octanol–water partition coefficient (Wildman–Crippen LogP) is -0.659. The molecule has 0 aromatic rings. The van der Waals surface area contributed by atoms with Crippen LogP contribution >= 0.6 is 0 Å². The summed E-state index contributed by atoms with van der Waals surface area (Å²) in [5, 5.41) is 0. The minimum absolute atomic E-state index is 0. The van der Waals surface area contributed by atoms with Crippen molar-refractivity contribution in [3.8, 4) is 0 Å². The molecule has 0 aromatic carbocycles. The second-order valence-electron chi connectivity index (χ2n) is 1.48. The second-order valence-corrected chi connectivity index (χ2v) is 4.45. The van der Waals surface area contributed by atoms with Crippen LogP contribution in [0.2, 0.25) is 0 Å². The summed E-state index contributed by atoms with van der Waals surface area (Å²) in [4.78, 5) is 0. The second kappa shape index (κ2) is 12.3. The summed E-state index contributed by atoms with van der Waals surface area (Å²) in [6, 6.07) is 0. The Labute approximate surface area is 85.4 Å². The van der Waals surface area contributed by atoms with Crippen molar-refractivity contribution in [1.82, 2.24) is 0 Å². The van der Waals surface area contributed by atoms with Gasteiger partial charge in [-0.15, -0.1) is 0 Å². The molecule has 0 saturated heterocycles. The third kappa shape index (κ3) is 213. The molecular weight excluding hydrogens is 167 g/mol. The van der Waals surface area contributed by atoms with Crippen LogP contribution in [0.1, 0.15) is 0 Å². The van der Waals surface area contributed by atoms with Crippen molar-refractivity contribution in [1.29, 1.82) is 0 Å². The first-order chi connectivity index (χ1) is 3.46. The molecule has 0 bridgehead atoms. The third-order valence-corrected chi connectivity index (χ3v) is 0. The molecule has 0 aromatic heterocycles. The summed E-state index contributed by atoms with van der Waals surface area (Å²) >= 11 is -1.22. The molecule has 5 heteroatoms. The first kappa shape index (κ1) is 16.9. The number of hydrogen-bond acceptors (Lipinski definition) is 2. The first-order valence-corrected chi connectivity index (χ1v) is 5.90. The summed E-state index contributed by atoms with van der Waals surface area (Å²) in [6.07, 6.45) is 6.56. The first-order valence-electron chi connectivity index (χ1n) is 1.97. The zero-order valence-electron chi connectivity index (χ0n) is 5.63. The van der Waals surface area contributed by atoms with E-state index in [1.807, 2.05) is 0 Å². The maximum atomic E-state index is 9.56. The van der Waals surface area contributed by atoms with Gasteiger partial charge in [0.25, 0.3) is 0 Å². The fraction of sp³-hybridized carbons (Fsp3) is 1.00. The zero-order chi connectivity index (χ0) is 7.15. The van der Waals surface area contributed by atoms with E-state index < -0.39 is 22.4 Å². The monoisotopic (exact) mass is 180 g/mol. The molecular formula is C4H13NaO2S2. The molecule has 0 amide bonds. The van der Waals surface area contributed by atoms with Crippen LogP contribution < -0.4 is 0 Å². The molecule has 9 heavy (non-hydrogen) atoms. The van der Waals surface area contributed by atoms with E-state index in [-0.39, 0.29) is 29.6 Å². The molecule has 0 N–H and O–H groups in total. The van der Waals surface area contributed by atoms with Crippen LogP contribution in [0.25, 0.3) is 0 Å². The van der Waals surface area contributed by atoms with Crippen LogP contribution in [0.4, 0.5) is 0 Å². The summed E-state index contributed by atoms with van der Waals surface area (Å²) in [5.74, 6) is 0. The molecule has 0 fully saturated rings. The Morgan fingerprint density at radius 3 is 0.778 bits per heavy atom. The van der Waals surface area contributed by atoms with E-state index in [1.54, 1.807) is 25.0 Å². The Balaban J connectivity index is -0.0000000720. The Hall–Kier alpha value is 1.62. The van der Waals surface area contributed by atoms with Gasteiger partial charge in [0.05, 0.1) is 25.0 Å². The van der Waals surface area contributed by atoms with E-state index in [4.69, 9.17) is 0 Å². The van der Waals surface area contributed by atoms with Gasteiger partial charge in [-0.3, -0.25) is 0 Å². The molecule has 0 heterocycles. The quantitative estimate of drug-likeness (QED) is 0.367. The van der Waals surface area contributed by atoms with Gasteiger partial charge in [0.2, 0.25) is 0 Å². The van der Waals surface area contributed by atoms with Crippen LogP contribution in [-0.2, 0) is 22.4 Å². The van der Waals surface area contributed by atoms with Crippen LogP contribution in [0.15, 0.2) is 0 Å². The van der Waals surface area contributed by atoms with E-state index in [0.717, 1.165) is 0 Å². The van der Waals surface area contributed by atoms with Gasteiger partial charge in [0, 0.05) is 0 Å². The molecule has 0 saturated carbocycles. The van der Waals surface area contributed by atoms with Crippen molar-refractivity contribution in [2.45, 2.75) is 0 Å². The van der Waals surface area contributed by atoms with E-state index in [1.165, 1.54) is 0 Å². The summed E-state index contributed by atoms with van der Waals surface area (Å²) in [5.41, 5.74) is 0. The van der Waals surface area contributed by atoms with Gasteiger partial charge in [-0.2, -0.15) is 0 Å². The number of hydrogen-bond donors (Lipinski definition) is 0. The predicted molar refractivity (Wildman–Crippen MR) is 47.1 cm³/mol. The van der Waals surface area contributed by atoms with Crippen molar-refractivity contribution in [3.63, 3.8) is 0 Å². The Morgan fingerprint density at radius 1 is 0.778 bits per heavy atom. The standard InChI is InChI=1S/2C2H6OS.Na.H/c2*1-4(2)3;;/h2*1-2H3;;. The molecule has 0 aliphatic carbocycles. The summed E-state index contributed by atoms with van der Waals surface area (Å²) < 4.78 is 19.1. The maximum absolute atomic E-state index is 9.56. The molecule has 0 rings (SSSR count). The van der Waals surface area contributed by atoms with Gasteiger partial charge >= 0.3 is 29.6 Å². The van der Waals surface area contributed by atoms with E-state index in [2.05, 4.69) is 0 Å². The molecule has 0 atom stereocenters. The van der Waals surface area contributed by atoms with Gasteiger partial charge in [0.1, 0.15) is 0 Å². The topological polar surface area (TPSA) is 46.1 Å². The van der Waals surface area contributed by atoms with Gasteiger partial charge in [0.15, 0.2) is 0 Å². The van der Waals surface area contributed by atoms with Crippen LogP contribution in [0.3, 0.4) is 0 Å². The zero-order valence-corrected chi connectivity index (χ0v) is 7.27. The van der Waals surface area contributed by atoms with E-state index in [0.29, 0.717) is 0 Å². The Bertz CT molecular complexity index is 32.0.